The maximum atomic E-state index is 12.8. The second-order valence-corrected chi connectivity index (χ2v) is 8.14. The van der Waals surface area contributed by atoms with Crippen LogP contribution < -0.4 is 10.2 Å². The molecule has 2 heterocycles. The first-order valence-electron chi connectivity index (χ1n) is 9.61. The van der Waals surface area contributed by atoms with Gasteiger partial charge in [0.25, 0.3) is 5.91 Å². The molecule has 26 heavy (non-hydrogen) atoms. The molecular weight excluding hydrogens is 326 g/mol. The Bertz CT molecular complexity index is 698. The monoisotopic (exact) mass is 356 g/mol. The summed E-state index contributed by atoms with van der Waals surface area (Å²) in [5, 5.41) is 2.92. The summed E-state index contributed by atoms with van der Waals surface area (Å²) in [7, 11) is 0. The van der Waals surface area contributed by atoms with E-state index in [9.17, 15) is 9.59 Å². The zero-order valence-corrected chi connectivity index (χ0v) is 16.0. The van der Waals surface area contributed by atoms with E-state index in [-0.39, 0.29) is 11.9 Å². The highest BCUT2D eigenvalue weighted by atomic mass is 16.2. The van der Waals surface area contributed by atoms with E-state index in [1.165, 1.54) is 20.9 Å². The van der Waals surface area contributed by atoms with E-state index in [1.54, 1.807) is 0 Å². The van der Waals surface area contributed by atoms with Crippen molar-refractivity contribution >= 4 is 17.5 Å². The van der Waals surface area contributed by atoms with Gasteiger partial charge < -0.3 is 10.2 Å². The number of nitrogens with one attached hydrogen (secondary N) is 2. The topological polar surface area (TPSA) is 53.9 Å². The van der Waals surface area contributed by atoms with E-state index in [0.29, 0.717) is 19.0 Å². The van der Waals surface area contributed by atoms with Crippen LogP contribution in [0, 0.1) is 5.92 Å². The molecule has 0 aromatic heterocycles. The van der Waals surface area contributed by atoms with Gasteiger partial charge in [-0.2, -0.15) is 0 Å². The first-order chi connectivity index (χ1) is 12.4. The predicted molar refractivity (Wildman–Crippen MR) is 102 cm³/mol. The molecule has 5 nitrogen and oxygen atoms in total. The third-order valence-electron chi connectivity index (χ3n) is 5.48. The Hall–Kier alpha value is -2.14. The molecule has 0 radical (unpaired) electrons. The quantitative estimate of drug-likeness (QED) is 0.767. The van der Waals surface area contributed by atoms with Crippen molar-refractivity contribution in [1.82, 2.24) is 10.2 Å². The molecular formula is C21H30N3O2+. The van der Waals surface area contributed by atoms with Gasteiger partial charge in [0, 0.05) is 6.42 Å². The minimum absolute atomic E-state index is 0.0755. The molecule has 140 valence electrons. The zero-order valence-electron chi connectivity index (χ0n) is 16.0. The fourth-order valence-electron chi connectivity index (χ4n) is 3.70. The normalized spacial score (nSPS) is 26.2. The van der Waals surface area contributed by atoms with Gasteiger partial charge in [0.1, 0.15) is 5.54 Å². The number of amides is 3. The Morgan fingerprint density at radius 1 is 1.23 bits per heavy atom. The zero-order chi connectivity index (χ0) is 18.7. The number of rotatable bonds is 6. The summed E-state index contributed by atoms with van der Waals surface area (Å²) in [4.78, 5) is 27.9. The summed E-state index contributed by atoms with van der Waals surface area (Å²) in [6, 6.07) is 10.2. The smallest absolute Gasteiger partial charge is 0.323 e. The van der Waals surface area contributed by atoms with Gasteiger partial charge in [-0.15, -0.1) is 0 Å². The molecule has 3 rings (SSSR count). The molecule has 0 saturated carbocycles. The van der Waals surface area contributed by atoms with Crippen LogP contribution in [-0.2, 0) is 4.79 Å². The Labute approximate surface area is 156 Å². The first kappa shape index (κ1) is 18.6. The van der Waals surface area contributed by atoms with Gasteiger partial charge in [0.15, 0.2) is 6.67 Å². The van der Waals surface area contributed by atoms with E-state index in [1.807, 2.05) is 13.0 Å². The number of hydrogen-bond donors (Lipinski definition) is 2. The van der Waals surface area contributed by atoms with Crippen LogP contribution in [0.1, 0.15) is 45.6 Å². The number of quaternary nitrogens is 1. The van der Waals surface area contributed by atoms with Gasteiger partial charge in [-0.3, -0.25) is 4.79 Å². The number of carbonyl (C=O) groups excluding carboxylic acids is 2. The third kappa shape index (κ3) is 3.98. The lowest BCUT2D eigenvalue weighted by molar-refractivity contribution is -0.902. The highest BCUT2D eigenvalue weighted by molar-refractivity contribution is 6.06. The van der Waals surface area contributed by atoms with Crippen molar-refractivity contribution in [2.75, 3.05) is 19.8 Å². The van der Waals surface area contributed by atoms with Crippen molar-refractivity contribution in [3.63, 3.8) is 0 Å². The van der Waals surface area contributed by atoms with Crippen molar-refractivity contribution in [3.05, 3.63) is 42.0 Å². The van der Waals surface area contributed by atoms with Crippen LogP contribution in [0.5, 0.6) is 0 Å². The van der Waals surface area contributed by atoms with Gasteiger partial charge in [-0.25, -0.2) is 9.69 Å². The molecule has 1 aromatic carbocycles. The van der Waals surface area contributed by atoms with Crippen molar-refractivity contribution in [2.24, 2.45) is 5.92 Å². The van der Waals surface area contributed by atoms with Gasteiger partial charge in [-0.05, 0) is 42.9 Å². The molecule has 2 aliphatic heterocycles. The van der Waals surface area contributed by atoms with E-state index < -0.39 is 5.54 Å². The van der Waals surface area contributed by atoms with Crippen LogP contribution in [0.2, 0.25) is 0 Å². The molecule has 3 amide bonds. The predicted octanol–water partition coefficient (Wildman–Crippen LogP) is 2.06. The van der Waals surface area contributed by atoms with Crippen LogP contribution in [-0.4, -0.2) is 42.1 Å². The first-order valence-corrected chi connectivity index (χ1v) is 9.61. The van der Waals surface area contributed by atoms with Crippen LogP contribution >= 0.6 is 0 Å². The van der Waals surface area contributed by atoms with E-state index in [2.05, 4.69) is 49.5 Å². The molecule has 1 unspecified atom stereocenters. The van der Waals surface area contributed by atoms with Gasteiger partial charge >= 0.3 is 6.03 Å². The Morgan fingerprint density at radius 3 is 2.58 bits per heavy atom. The van der Waals surface area contributed by atoms with Crippen molar-refractivity contribution in [3.8, 4) is 0 Å². The van der Waals surface area contributed by atoms with Crippen molar-refractivity contribution < 1.29 is 14.5 Å². The second-order valence-electron chi connectivity index (χ2n) is 8.14. The third-order valence-corrected chi connectivity index (χ3v) is 5.48. The Kier molecular flexibility index (Phi) is 5.47. The Morgan fingerprint density at radius 2 is 1.96 bits per heavy atom. The van der Waals surface area contributed by atoms with Crippen molar-refractivity contribution in [1.29, 1.82) is 0 Å². The Balaban J connectivity index is 1.60. The lowest BCUT2D eigenvalue weighted by Gasteiger charge is -2.27. The van der Waals surface area contributed by atoms with Crippen LogP contribution in [0.3, 0.4) is 0 Å². The maximum Gasteiger partial charge on any atom is 0.329 e. The molecule has 1 fully saturated rings. The molecule has 2 atom stereocenters. The minimum Gasteiger partial charge on any atom is -0.323 e. The highest BCUT2D eigenvalue weighted by Crippen LogP contribution is 2.24. The molecule has 0 aliphatic carbocycles. The lowest BCUT2D eigenvalue weighted by atomic mass is 9.92. The summed E-state index contributed by atoms with van der Waals surface area (Å²) >= 11 is 0. The standard InChI is InChI=1S/C21H29N3O2/c1-16(2)9-12-21(3)19(25)24(20(26)22-21)15-23-13-10-18(11-14-23)17-7-5-4-6-8-17/h4-8,10,16H,9,11-15H2,1-3H3,(H,22,26)/p+1/t21-/m1/s1. The molecule has 1 saturated heterocycles. The summed E-state index contributed by atoms with van der Waals surface area (Å²) in [6.45, 7) is 8.34. The number of carbonyl (C=O) groups is 2. The maximum absolute atomic E-state index is 12.8. The van der Waals surface area contributed by atoms with Gasteiger partial charge in [-0.1, -0.05) is 44.2 Å². The fourth-order valence-corrected chi connectivity index (χ4v) is 3.70. The number of benzene rings is 1. The van der Waals surface area contributed by atoms with E-state index in [4.69, 9.17) is 0 Å². The van der Waals surface area contributed by atoms with Gasteiger partial charge in [0.05, 0.1) is 13.1 Å². The van der Waals surface area contributed by atoms with Crippen LogP contribution in [0.25, 0.3) is 5.57 Å². The van der Waals surface area contributed by atoms with E-state index >= 15 is 0 Å². The summed E-state index contributed by atoms with van der Waals surface area (Å²) in [5.74, 6) is 0.438. The molecule has 5 heteroatoms. The second kappa shape index (κ2) is 7.62. The highest BCUT2D eigenvalue weighted by Gasteiger charge is 2.48. The summed E-state index contributed by atoms with van der Waals surface area (Å²) in [6.07, 6.45) is 4.83. The van der Waals surface area contributed by atoms with Gasteiger partial charge in [0.2, 0.25) is 0 Å². The summed E-state index contributed by atoms with van der Waals surface area (Å²) < 4.78 is 0. The number of imide groups is 1. The number of nitrogens with zero attached hydrogens (tertiary/aromatic N) is 1. The minimum atomic E-state index is -0.748. The SMILES string of the molecule is CC(C)CC[C@@]1(C)NC(=O)N(C[NH+]2CC=C(c3ccccc3)CC2)C1=O. The van der Waals surface area contributed by atoms with Crippen molar-refractivity contribution in [2.45, 2.75) is 45.6 Å². The van der Waals surface area contributed by atoms with Crippen LogP contribution in [0.4, 0.5) is 4.79 Å². The molecule has 2 N–H and O–H groups in total. The average molecular weight is 356 g/mol. The van der Waals surface area contributed by atoms with E-state index in [0.717, 1.165) is 25.9 Å². The largest absolute Gasteiger partial charge is 0.329 e. The summed E-state index contributed by atoms with van der Waals surface area (Å²) in [5.41, 5.74) is 1.87. The molecule has 0 spiro atoms. The lowest BCUT2D eigenvalue weighted by Crippen LogP contribution is -3.14. The average Bonchev–Trinajstić information content (AvgIpc) is 2.85. The van der Waals surface area contributed by atoms with Crippen LogP contribution in [0.15, 0.2) is 36.4 Å². The molecule has 2 aliphatic rings. The molecule has 0 bridgehead atoms. The molecule has 1 aromatic rings. The number of hydrogen-bond acceptors (Lipinski definition) is 2. The fraction of sp³-hybridized carbons (Fsp3) is 0.524. The number of urea groups is 1.